The van der Waals surface area contributed by atoms with Crippen molar-refractivity contribution in [1.29, 1.82) is 0 Å². The van der Waals surface area contributed by atoms with Gasteiger partial charge in [-0.3, -0.25) is 9.88 Å². The van der Waals surface area contributed by atoms with Crippen molar-refractivity contribution in [2.24, 2.45) is 0 Å². The quantitative estimate of drug-likeness (QED) is 0.828. The number of amides is 1. The molecule has 0 aliphatic carbocycles. The molecule has 0 aromatic carbocycles. The van der Waals surface area contributed by atoms with Crippen LogP contribution in [0.25, 0.3) is 0 Å². The Kier molecular flexibility index (Phi) is 6.43. The maximum absolute atomic E-state index is 11.9. The molecule has 0 saturated carbocycles. The van der Waals surface area contributed by atoms with E-state index in [1.807, 2.05) is 33.2 Å². The Morgan fingerprint density at radius 2 is 1.83 bits per heavy atom. The molecule has 1 aromatic heterocycles. The van der Waals surface area contributed by atoms with Crippen molar-refractivity contribution in [1.82, 2.24) is 14.8 Å². The second-order valence-electron chi connectivity index (χ2n) is 7.29. The lowest BCUT2D eigenvalue weighted by Crippen LogP contribution is -2.47. The van der Waals surface area contributed by atoms with Gasteiger partial charge in [-0.1, -0.05) is 0 Å². The highest BCUT2D eigenvalue weighted by molar-refractivity contribution is 5.67. The molecule has 1 aliphatic heterocycles. The van der Waals surface area contributed by atoms with E-state index in [2.05, 4.69) is 26.9 Å². The van der Waals surface area contributed by atoms with Gasteiger partial charge in [-0.15, -0.1) is 0 Å². The summed E-state index contributed by atoms with van der Waals surface area (Å²) in [7, 11) is 1.80. The monoisotopic (exact) mass is 334 g/mol. The molecule has 2 heterocycles. The zero-order valence-electron chi connectivity index (χ0n) is 15.4. The SMILES string of the molecule is CN(CCCN1CCN(c2ccncc2)CC1)C(=O)OC(C)(C)C. The Balaban J connectivity index is 1.65. The summed E-state index contributed by atoms with van der Waals surface area (Å²) < 4.78 is 5.37. The van der Waals surface area contributed by atoms with Crippen molar-refractivity contribution in [2.75, 3.05) is 51.2 Å². The van der Waals surface area contributed by atoms with Crippen molar-refractivity contribution >= 4 is 11.8 Å². The summed E-state index contributed by atoms with van der Waals surface area (Å²) in [6, 6.07) is 4.12. The highest BCUT2D eigenvalue weighted by atomic mass is 16.6. The standard InChI is InChI=1S/C18H30N4O2/c1-18(2,3)24-17(23)20(4)10-5-11-21-12-14-22(15-13-21)16-6-8-19-9-7-16/h6-9H,5,10-15H2,1-4H3. The van der Waals surface area contributed by atoms with Gasteiger partial charge in [-0.2, -0.15) is 0 Å². The van der Waals surface area contributed by atoms with Gasteiger partial charge in [-0.05, 0) is 45.9 Å². The van der Waals surface area contributed by atoms with Crippen LogP contribution in [0.1, 0.15) is 27.2 Å². The molecule has 24 heavy (non-hydrogen) atoms. The molecular weight excluding hydrogens is 304 g/mol. The maximum atomic E-state index is 11.9. The number of carbonyl (C=O) groups excluding carboxylic acids is 1. The molecule has 6 heteroatoms. The fraction of sp³-hybridized carbons (Fsp3) is 0.667. The van der Waals surface area contributed by atoms with Crippen molar-refractivity contribution < 1.29 is 9.53 Å². The number of piperazine rings is 1. The van der Waals surface area contributed by atoms with E-state index in [0.29, 0.717) is 0 Å². The molecule has 1 saturated heterocycles. The van der Waals surface area contributed by atoms with Gasteiger partial charge in [0.2, 0.25) is 0 Å². The minimum atomic E-state index is -0.436. The van der Waals surface area contributed by atoms with Crippen LogP contribution >= 0.6 is 0 Å². The van der Waals surface area contributed by atoms with E-state index in [0.717, 1.165) is 45.7 Å². The fourth-order valence-corrected chi connectivity index (χ4v) is 2.75. The molecule has 1 aliphatic rings. The van der Waals surface area contributed by atoms with Crippen LogP contribution in [0.15, 0.2) is 24.5 Å². The lowest BCUT2D eigenvalue weighted by atomic mass is 10.2. The first-order valence-corrected chi connectivity index (χ1v) is 8.66. The third-order valence-corrected chi connectivity index (χ3v) is 4.07. The number of pyridine rings is 1. The minimum Gasteiger partial charge on any atom is -0.444 e. The third-order valence-electron chi connectivity index (χ3n) is 4.07. The van der Waals surface area contributed by atoms with Gasteiger partial charge in [0.05, 0.1) is 0 Å². The van der Waals surface area contributed by atoms with E-state index in [9.17, 15) is 4.79 Å². The average molecular weight is 334 g/mol. The van der Waals surface area contributed by atoms with Crippen LogP contribution in [0.2, 0.25) is 0 Å². The molecule has 6 nitrogen and oxygen atoms in total. The normalized spacial score (nSPS) is 16.1. The van der Waals surface area contributed by atoms with Crippen LogP contribution in [0.4, 0.5) is 10.5 Å². The van der Waals surface area contributed by atoms with Crippen LogP contribution in [-0.2, 0) is 4.74 Å². The molecular formula is C18H30N4O2. The van der Waals surface area contributed by atoms with E-state index < -0.39 is 5.60 Å². The largest absolute Gasteiger partial charge is 0.444 e. The van der Waals surface area contributed by atoms with Gasteiger partial charge in [0.15, 0.2) is 0 Å². The number of anilines is 1. The van der Waals surface area contributed by atoms with Crippen molar-refractivity contribution in [3.63, 3.8) is 0 Å². The number of rotatable bonds is 5. The molecule has 1 amide bonds. The van der Waals surface area contributed by atoms with Gasteiger partial charge in [-0.25, -0.2) is 4.79 Å². The summed E-state index contributed by atoms with van der Waals surface area (Å²) in [6.07, 6.45) is 4.40. The minimum absolute atomic E-state index is 0.245. The summed E-state index contributed by atoms with van der Waals surface area (Å²) in [5.74, 6) is 0. The lowest BCUT2D eigenvalue weighted by molar-refractivity contribution is 0.0292. The van der Waals surface area contributed by atoms with Gasteiger partial charge in [0.25, 0.3) is 0 Å². The zero-order valence-corrected chi connectivity index (χ0v) is 15.4. The number of hydrogen-bond acceptors (Lipinski definition) is 5. The fourth-order valence-electron chi connectivity index (χ4n) is 2.75. The topological polar surface area (TPSA) is 48.9 Å². The summed E-state index contributed by atoms with van der Waals surface area (Å²) in [5, 5.41) is 0. The van der Waals surface area contributed by atoms with Crippen molar-refractivity contribution in [3.05, 3.63) is 24.5 Å². The average Bonchev–Trinajstić information content (AvgIpc) is 2.54. The third kappa shape index (κ3) is 6.00. The highest BCUT2D eigenvalue weighted by Crippen LogP contribution is 2.15. The van der Waals surface area contributed by atoms with Crippen LogP contribution in [0.5, 0.6) is 0 Å². The molecule has 0 atom stereocenters. The molecule has 0 unspecified atom stereocenters. The summed E-state index contributed by atoms with van der Waals surface area (Å²) >= 11 is 0. The van der Waals surface area contributed by atoms with E-state index >= 15 is 0 Å². The van der Waals surface area contributed by atoms with E-state index in [1.165, 1.54) is 5.69 Å². The molecule has 1 aromatic rings. The highest BCUT2D eigenvalue weighted by Gasteiger charge is 2.20. The molecule has 0 bridgehead atoms. The molecule has 0 N–H and O–H groups in total. The molecule has 0 spiro atoms. The van der Waals surface area contributed by atoms with Crippen LogP contribution in [-0.4, -0.2) is 72.8 Å². The van der Waals surface area contributed by atoms with E-state index in [-0.39, 0.29) is 6.09 Å². The molecule has 2 rings (SSSR count). The molecule has 1 fully saturated rings. The Labute approximate surface area is 145 Å². The first-order valence-electron chi connectivity index (χ1n) is 8.66. The predicted octanol–water partition coefficient (Wildman–Crippen LogP) is 2.46. The smallest absolute Gasteiger partial charge is 0.410 e. The summed E-state index contributed by atoms with van der Waals surface area (Å²) in [4.78, 5) is 22.5. The summed E-state index contributed by atoms with van der Waals surface area (Å²) in [5.41, 5.74) is 0.809. The van der Waals surface area contributed by atoms with E-state index in [4.69, 9.17) is 4.74 Å². The Hall–Kier alpha value is -1.82. The van der Waals surface area contributed by atoms with Crippen LogP contribution in [0, 0.1) is 0 Å². The van der Waals surface area contributed by atoms with Crippen molar-refractivity contribution in [3.8, 4) is 0 Å². The van der Waals surface area contributed by atoms with Gasteiger partial charge < -0.3 is 14.5 Å². The summed E-state index contributed by atoms with van der Waals surface area (Å²) in [6.45, 7) is 11.6. The van der Waals surface area contributed by atoms with Gasteiger partial charge in [0, 0.05) is 57.9 Å². The van der Waals surface area contributed by atoms with Crippen LogP contribution < -0.4 is 4.90 Å². The first kappa shape index (κ1) is 18.5. The van der Waals surface area contributed by atoms with Gasteiger partial charge in [0.1, 0.15) is 5.60 Å². The maximum Gasteiger partial charge on any atom is 0.410 e. The number of nitrogens with zero attached hydrogens (tertiary/aromatic N) is 4. The number of hydrogen-bond donors (Lipinski definition) is 0. The Bertz CT molecular complexity index is 508. The zero-order chi connectivity index (χ0) is 17.6. The lowest BCUT2D eigenvalue weighted by Gasteiger charge is -2.36. The second-order valence-corrected chi connectivity index (χ2v) is 7.29. The number of ether oxygens (including phenoxy) is 1. The Morgan fingerprint density at radius 3 is 2.42 bits per heavy atom. The second kappa shape index (κ2) is 8.33. The number of aromatic nitrogens is 1. The van der Waals surface area contributed by atoms with E-state index in [1.54, 1.807) is 11.9 Å². The molecule has 134 valence electrons. The van der Waals surface area contributed by atoms with Crippen molar-refractivity contribution in [2.45, 2.75) is 32.8 Å². The molecule has 0 radical (unpaired) electrons. The Morgan fingerprint density at radius 1 is 1.21 bits per heavy atom. The van der Waals surface area contributed by atoms with Crippen LogP contribution in [0.3, 0.4) is 0 Å². The predicted molar refractivity (Wildman–Crippen MR) is 96.4 cm³/mol. The number of carbonyl (C=O) groups is 1. The van der Waals surface area contributed by atoms with Gasteiger partial charge >= 0.3 is 6.09 Å². The first-order chi connectivity index (χ1) is 11.3.